The molecule has 304 valence electrons. The number of pyridine rings is 2. The van der Waals surface area contributed by atoms with E-state index in [0.29, 0.717) is 21.5 Å². The first kappa shape index (κ1) is 44.9. The number of rotatable bonds is 12. The van der Waals surface area contributed by atoms with Gasteiger partial charge in [-0.2, -0.15) is 0 Å². The largest absolute Gasteiger partial charge is 0.508 e. The highest BCUT2D eigenvalue weighted by Gasteiger charge is 2.20. The molecule has 0 saturated carbocycles. The number of imidazole rings is 2. The van der Waals surface area contributed by atoms with Crippen molar-refractivity contribution in [2.45, 2.75) is 41.5 Å². The molecule has 12 nitrogen and oxygen atoms in total. The molecule has 0 aliphatic rings. The van der Waals surface area contributed by atoms with E-state index in [1.807, 2.05) is 46.9 Å². The number of aromatic nitrogens is 4. The standard InChI is InChI=1S/2C21H24N4O2.3ClH/c2*1-4-24(5-2)11-10-22-16-7-8-17-20-19(16)21(27)15-12-14(26)6-9-18(15)25(20)13(3)23-17;;;/h2*6-9,12,22,26H,4-5,10-11H2,1-3H3;3*1H. The van der Waals surface area contributed by atoms with Crippen molar-refractivity contribution >= 4 is 103 Å². The number of benzene rings is 4. The fourth-order valence-electron chi connectivity index (χ4n) is 7.76. The van der Waals surface area contributed by atoms with Crippen molar-refractivity contribution in [2.24, 2.45) is 0 Å². The Morgan fingerprint density at radius 3 is 1.30 bits per heavy atom. The molecule has 0 radical (unpaired) electrons. The van der Waals surface area contributed by atoms with Crippen LogP contribution in [0.1, 0.15) is 39.3 Å². The molecule has 8 rings (SSSR count). The molecule has 0 bridgehead atoms. The number of phenolic OH excluding ortho intramolecular Hbond substituents is 2. The van der Waals surface area contributed by atoms with Crippen molar-refractivity contribution in [3.8, 4) is 11.5 Å². The van der Waals surface area contributed by atoms with Crippen LogP contribution in [0.5, 0.6) is 11.5 Å². The van der Waals surface area contributed by atoms with Gasteiger partial charge >= 0.3 is 0 Å². The van der Waals surface area contributed by atoms with Gasteiger partial charge in [0, 0.05) is 37.6 Å². The van der Waals surface area contributed by atoms with Crippen LogP contribution in [-0.4, -0.2) is 91.1 Å². The minimum absolute atomic E-state index is 0. The quantitative estimate of drug-likeness (QED) is 0.0907. The molecule has 4 aromatic carbocycles. The van der Waals surface area contributed by atoms with Gasteiger partial charge in [0.25, 0.3) is 0 Å². The molecule has 0 unspecified atom stereocenters. The second-order valence-electron chi connectivity index (χ2n) is 13.7. The molecule has 0 aliphatic heterocycles. The van der Waals surface area contributed by atoms with Crippen LogP contribution < -0.4 is 21.5 Å². The van der Waals surface area contributed by atoms with Crippen LogP contribution in [-0.2, 0) is 0 Å². The lowest BCUT2D eigenvalue weighted by Gasteiger charge is -2.19. The molecular weight excluding hydrogens is 787 g/mol. The zero-order valence-corrected chi connectivity index (χ0v) is 35.5. The first-order valence-electron chi connectivity index (χ1n) is 18.8. The highest BCUT2D eigenvalue weighted by Crippen LogP contribution is 2.32. The van der Waals surface area contributed by atoms with Gasteiger partial charge in [0.05, 0.1) is 54.6 Å². The zero-order chi connectivity index (χ0) is 38.3. The lowest BCUT2D eigenvalue weighted by molar-refractivity contribution is 0.316. The summed E-state index contributed by atoms with van der Waals surface area (Å²) in [6.07, 6.45) is 0. The smallest absolute Gasteiger partial charge is 0.199 e. The van der Waals surface area contributed by atoms with Gasteiger partial charge < -0.3 is 30.6 Å². The first-order valence-corrected chi connectivity index (χ1v) is 18.8. The minimum atomic E-state index is -0.0794. The van der Waals surface area contributed by atoms with Crippen molar-refractivity contribution in [2.75, 3.05) is 63.0 Å². The van der Waals surface area contributed by atoms with Crippen LogP contribution in [0.3, 0.4) is 0 Å². The summed E-state index contributed by atoms with van der Waals surface area (Å²) >= 11 is 0. The average molecular weight is 838 g/mol. The van der Waals surface area contributed by atoms with Crippen LogP contribution >= 0.6 is 37.2 Å². The molecule has 4 N–H and O–H groups in total. The number of hydrogen-bond acceptors (Lipinski definition) is 10. The summed E-state index contributed by atoms with van der Waals surface area (Å²) in [5.74, 6) is 1.83. The molecule has 0 atom stereocenters. The summed E-state index contributed by atoms with van der Waals surface area (Å²) in [7, 11) is 0. The molecule has 0 aliphatic carbocycles. The van der Waals surface area contributed by atoms with Gasteiger partial charge in [0.2, 0.25) is 0 Å². The molecule has 0 saturated heterocycles. The summed E-state index contributed by atoms with van der Waals surface area (Å²) in [5.41, 5.74) is 6.30. The molecular formula is C42H51Cl3N8O4. The lowest BCUT2D eigenvalue weighted by Crippen LogP contribution is -2.28. The normalized spacial score (nSPS) is 11.4. The Hall–Kier alpha value is -4.85. The number of likely N-dealkylation sites (N-methyl/N-ethyl adjacent to an activating group) is 2. The maximum atomic E-state index is 13.3. The highest BCUT2D eigenvalue weighted by atomic mass is 35.5. The van der Waals surface area contributed by atoms with Crippen molar-refractivity contribution in [3.05, 3.63) is 92.8 Å². The molecule has 57 heavy (non-hydrogen) atoms. The van der Waals surface area contributed by atoms with Gasteiger partial charge in [0.1, 0.15) is 23.1 Å². The number of aromatic hydroxyl groups is 2. The van der Waals surface area contributed by atoms with Crippen molar-refractivity contribution in [3.63, 3.8) is 0 Å². The van der Waals surface area contributed by atoms with Crippen LogP contribution in [0.25, 0.3) is 54.6 Å². The summed E-state index contributed by atoms with van der Waals surface area (Å²) in [6, 6.07) is 17.6. The Labute approximate surface area is 349 Å². The van der Waals surface area contributed by atoms with Crippen molar-refractivity contribution in [1.82, 2.24) is 28.6 Å². The molecule has 15 heteroatoms. The van der Waals surface area contributed by atoms with E-state index in [1.165, 1.54) is 0 Å². The second-order valence-corrected chi connectivity index (χ2v) is 13.7. The van der Waals surface area contributed by atoms with Crippen LogP contribution in [0, 0.1) is 13.8 Å². The number of phenols is 2. The van der Waals surface area contributed by atoms with Crippen molar-refractivity contribution < 1.29 is 10.2 Å². The van der Waals surface area contributed by atoms with E-state index in [1.54, 1.807) is 36.4 Å². The minimum Gasteiger partial charge on any atom is -0.508 e. The monoisotopic (exact) mass is 836 g/mol. The third kappa shape index (κ3) is 8.15. The SMILES string of the molecule is CCN(CC)CCNc1ccc2nc(C)n3c4ccc(O)cc4c(=O)c1c23.CCN(CC)CCNc1ccc2nc(C)n3c4ccc(O)cc4c(=O)c1c23.Cl.Cl.Cl. The van der Waals surface area contributed by atoms with E-state index in [2.05, 4.69) is 58.1 Å². The maximum Gasteiger partial charge on any atom is 0.199 e. The topological polar surface area (TPSA) is 140 Å². The summed E-state index contributed by atoms with van der Waals surface area (Å²) < 4.78 is 4.02. The van der Waals surface area contributed by atoms with E-state index in [9.17, 15) is 19.8 Å². The number of anilines is 2. The third-order valence-corrected chi connectivity index (χ3v) is 10.6. The van der Waals surface area contributed by atoms with E-state index in [0.717, 1.165) is 108 Å². The maximum absolute atomic E-state index is 13.3. The highest BCUT2D eigenvalue weighted by molar-refractivity contribution is 6.08. The van der Waals surface area contributed by atoms with Gasteiger partial charge in [-0.3, -0.25) is 18.4 Å². The Balaban J connectivity index is 0.000000240. The van der Waals surface area contributed by atoms with Crippen LogP contribution in [0.4, 0.5) is 11.4 Å². The average Bonchev–Trinajstić information content (AvgIpc) is 3.69. The van der Waals surface area contributed by atoms with Crippen LogP contribution in [0.2, 0.25) is 0 Å². The van der Waals surface area contributed by atoms with Crippen LogP contribution in [0.15, 0.2) is 70.3 Å². The number of aryl methyl sites for hydroxylation is 2. The lowest BCUT2D eigenvalue weighted by atomic mass is 10.1. The Kier molecular flexibility index (Phi) is 14.6. The second kappa shape index (κ2) is 18.6. The summed E-state index contributed by atoms with van der Waals surface area (Å²) in [4.78, 5) is 40.5. The Bertz CT molecular complexity index is 2560. The van der Waals surface area contributed by atoms with Gasteiger partial charge in [-0.05, 0) is 101 Å². The van der Waals surface area contributed by atoms with Gasteiger partial charge in [-0.25, -0.2) is 9.97 Å². The zero-order valence-electron chi connectivity index (χ0n) is 33.0. The van der Waals surface area contributed by atoms with Gasteiger partial charge in [0.15, 0.2) is 10.9 Å². The molecule has 0 fully saturated rings. The molecule has 8 aromatic rings. The predicted molar refractivity (Wildman–Crippen MR) is 242 cm³/mol. The predicted octanol–water partition coefficient (Wildman–Crippen LogP) is 7.68. The first-order chi connectivity index (χ1) is 26.1. The van der Waals surface area contributed by atoms with E-state index >= 15 is 0 Å². The summed E-state index contributed by atoms with van der Waals surface area (Å²) in [6.45, 7) is 19.8. The fourth-order valence-corrected chi connectivity index (χ4v) is 7.76. The number of halogens is 3. The van der Waals surface area contributed by atoms with E-state index in [-0.39, 0.29) is 59.6 Å². The number of hydrogen-bond donors (Lipinski definition) is 4. The van der Waals surface area contributed by atoms with Crippen molar-refractivity contribution in [1.29, 1.82) is 0 Å². The molecule has 0 spiro atoms. The number of nitrogens with one attached hydrogen (secondary N) is 2. The van der Waals surface area contributed by atoms with Gasteiger partial charge in [-0.1, -0.05) is 27.7 Å². The number of nitrogens with zero attached hydrogens (tertiary/aromatic N) is 6. The molecule has 4 heterocycles. The third-order valence-electron chi connectivity index (χ3n) is 10.6. The molecule has 4 aromatic heterocycles. The van der Waals surface area contributed by atoms with E-state index < -0.39 is 0 Å². The Morgan fingerprint density at radius 2 is 0.947 bits per heavy atom. The fraction of sp³-hybridized carbons (Fsp3) is 0.333. The summed E-state index contributed by atoms with van der Waals surface area (Å²) in [5, 5.41) is 28.9. The van der Waals surface area contributed by atoms with E-state index in [4.69, 9.17) is 0 Å². The number of fused-ring (bicyclic) bond motifs is 4. The Morgan fingerprint density at radius 1 is 0.579 bits per heavy atom. The van der Waals surface area contributed by atoms with Gasteiger partial charge in [-0.15, -0.1) is 37.2 Å². The molecule has 0 amide bonds.